The van der Waals surface area contributed by atoms with Gasteiger partial charge in [-0.1, -0.05) is 78.0 Å². The number of aryl methyl sites for hydroxylation is 1. The second-order valence-corrected chi connectivity index (χ2v) is 7.84. The summed E-state index contributed by atoms with van der Waals surface area (Å²) in [5.41, 5.74) is 3.27. The Kier molecular flexibility index (Phi) is 6.66. The van der Waals surface area contributed by atoms with Crippen LogP contribution in [0.3, 0.4) is 0 Å². The smallest absolute Gasteiger partial charge is 0.233 e. The number of thioether (sulfide) groups is 1. The summed E-state index contributed by atoms with van der Waals surface area (Å²) in [6, 6.07) is 18.0. The van der Waals surface area contributed by atoms with Crippen LogP contribution in [0.4, 0.5) is 0 Å². The predicted molar refractivity (Wildman–Crippen MR) is 114 cm³/mol. The van der Waals surface area contributed by atoms with E-state index < -0.39 is 0 Å². The van der Waals surface area contributed by atoms with E-state index in [9.17, 15) is 4.79 Å². The molecule has 3 aromatic rings. The lowest BCUT2D eigenvalue weighted by atomic mass is 10.1. The van der Waals surface area contributed by atoms with Crippen molar-refractivity contribution in [2.45, 2.75) is 37.3 Å². The zero-order valence-corrected chi connectivity index (χ0v) is 16.9. The summed E-state index contributed by atoms with van der Waals surface area (Å²) in [5, 5.41) is 12.0. The number of carbonyl (C=O) groups is 1. The molecule has 1 amide bonds. The molecule has 0 spiro atoms. The highest BCUT2D eigenvalue weighted by Gasteiger charge is 2.20. The van der Waals surface area contributed by atoms with E-state index in [0.29, 0.717) is 18.2 Å². The van der Waals surface area contributed by atoms with Crippen LogP contribution in [0.25, 0.3) is 11.4 Å². The Morgan fingerprint density at radius 2 is 1.89 bits per heavy atom. The lowest BCUT2D eigenvalue weighted by Crippen LogP contribution is -2.30. The second kappa shape index (κ2) is 9.37. The number of benzene rings is 2. The first kappa shape index (κ1) is 19.9. The lowest BCUT2D eigenvalue weighted by molar-refractivity contribution is -0.120. The summed E-state index contributed by atoms with van der Waals surface area (Å²) in [6.45, 7) is 8.85. The highest BCUT2D eigenvalue weighted by molar-refractivity contribution is 8.00. The SMILES string of the molecule is C=CCn1c(SC(C)C(=O)NCc2ccc(C)cc2)nnc1-c1ccccc1. The monoisotopic (exact) mass is 392 g/mol. The third-order valence-electron chi connectivity index (χ3n) is 4.30. The van der Waals surface area contributed by atoms with Crippen LogP contribution in [0, 0.1) is 6.92 Å². The van der Waals surface area contributed by atoms with E-state index in [4.69, 9.17) is 0 Å². The summed E-state index contributed by atoms with van der Waals surface area (Å²) >= 11 is 1.40. The maximum Gasteiger partial charge on any atom is 0.233 e. The van der Waals surface area contributed by atoms with E-state index in [1.165, 1.54) is 17.3 Å². The Hall–Kier alpha value is -2.86. The standard InChI is InChI=1S/C22H24N4OS/c1-4-14-26-20(19-8-6-5-7-9-19)24-25-22(26)28-17(3)21(27)23-15-18-12-10-16(2)11-13-18/h4-13,17H,1,14-15H2,2-3H3,(H,23,27). The quantitative estimate of drug-likeness (QED) is 0.460. The minimum absolute atomic E-state index is 0.0278. The van der Waals surface area contributed by atoms with Crippen LogP contribution in [0.15, 0.2) is 72.4 Å². The van der Waals surface area contributed by atoms with Crippen LogP contribution in [0.1, 0.15) is 18.1 Å². The fraction of sp³-hybridized carbons (Fsp3) is 0.227. The fourth-order valence-corrected chi connectivity index (χ4v) is 3.60. The molecule has 1 unspecified atom stereocenters. The van der Waals surface area contributed by atoms with Crippen molar-refractivity contribution in [3.05, 3.63) is 78.4 Å². The molecule has 2 aromatic carbocycles. The van der Waals surface area contributed by atoms with Gasteiger partial charge in [0.1, 0.15) is 0 Å². The van der Waals surface area contributed by atoms with Crippen LogP contribution in [-0.2, 0) is 17.9 Å². The maximum absolute atomic E-state index is 12.5. The largest absolute Gasteiger partial charge is 0.351 e. The summed E-state index contributed by atoms with van der Waals surface area (Å²) in [7, 11) is 0. The molecule has 0 saturated carbocycles. The molecule has 0 saturated heterocycles. The van der Waals surface area contributed by atoms with Gasteiger partial charge in [0.2, 0.25) is 5.91 Å². The van der Waals surface area contributed by atoms with Gasteiger partial charge in [-0.05, 0) is 19.4 Å². The molecule has 1 aromatic heterocycles. The maximum atomic E-state index is 12.5. The van der Waals surface area contributed by atoms with Crippen LogP contribution >= 0.6 is 11.8 Å². The molecule has 0 fully saturated rings. The summed E-state index contributed by atoms with van der Waals surface area (Å²) < 4.78 is 1.98. The zero-order valence-electron chi connectivity index (χ0n) is 16.1. The molecule has 28 heavy (non-hydrogen) atoms. The highest BCUT2D eigenvalue weighted by atomic mass is 32.2. The summed E-state index contributed by atoms with van der Waals surface area (Å²) in [4.78, 5) is 12.5. The number of hydrogen-bond donors (Lipinski definition) is 1. The first-order valence-corrected chi connectivity index (χ1v) is 10.1. The molecule has 144 valence electrons. The van der Waals surface area contributed by atoms with Crippen molar-refractivity contribution in [1.82, 2.24) is 20.1 Å². The number of carbonyl (C=O) groups excluding carboxylic acids is 1. The van der Waals surface area contributed by atoms with E-state index in [-0.39, 0.29) is 11.2 Å². The third kappa shape index (κ3) is 4.89. The predicted octanol–water partition coefficient (Wildman–Crippen LogP) is 4.24. The summed E-state index contributed by atoms with van der Waals surface area (Å²) in [5.74, 6) is 0.746. The number of hydrogen-bond acceptors (Lipinski definition) is 4. The first-order chi connectivity index (χ1) is 13.6. The van der Waals surface area contributed by atoms with Gasteiger partial charge < -0.3 is 5.32 Å². The Balaban J connectivity index is 1.68. The normalized spacial score (nSPS) is 11.8. The van der Waals surface area contributed by atoms with Crippen LogP contribution < -0.4 is 5.32 Å². The third-order valence-corrected chi connectivity index (χ3v) is 5.38. The fourth-order valence-electron chi connectivity index (χ4n) is 2.72. The van der Waals surface area contributed by atoms with E-state index in [2.05, 4.69) is 22.1 Å². The van der Waals surface area contributed by atoms with Gasteiger partial charge in [-0.3, -0.25) is 9.36 Å². The second-order valence-electron chi connectivity index (χ2n) is 6.53. The highest BCUT2D eigenvalue weighted by Crippen LogP contribution is 2.27. The van der Waals surface area contributed by atoms with E-state index >= 15 is 0 Å². The molecule has 0 aliphatic heterocycles. The topological polar surface area (TPSA) is 59.8 Å². The lowest BCUT2D eigenvalue weighted by Gasteiger charge is -2.13. The number of nitrogens with zero attached hydrogens (tertiary/aromatic N) is 3. The van der Waals surface area contributed by atoms with E-state index in [1.807, 2.05) is 79.1 Å². The van der Waals surface area contributed by atoms with Crippen LogP contribution in [0.2, 0.25) is 0 Å². The number of amides is 1. The van der Waals surface area contributed by atoms with E-state index in [0.717, 1.165) is 17.0 Å². The molecule has 1 atom stereocenters. The van der Waals surface area contributed by atoms with Crippen molar-refractivity contribution in [2.24, 2.45) is 0 Å². The molecule has 0 aliphatic rings. The number of rotatable bonds is 8. The first-order valence-electron chi connectivity index (χ1n) is 9.18. The van der Waals surface area contributed by atoms with Crippen molar-refractivity contribution < 1.29 is 4.79 Å². The van der Waals surface area contributed by atoms with Gasteiger partial charge in [0, 0.05) is 18.7 Å². The van der Waals surface area contributed by atoms with Gasteiger partial charge in [0.05, 0.1) is 5.25 Å². The molecular weight excluding hydrogens is 368 g/mol. The van der Waals surface area contributed by atoms with Gasteiger partial charge in [-0.25, -0.2) is 0 Å². The average molecular weight is 393 g/mol. The molecule has 0 bridgehead atoms. The minimum atomic E-state index is -0.290. The Morgan fingerprint density at radius 3 is 2.57 bits per heavy atom. The van der Waals surface area contributed by atoms with Crippen LogP contribution in [0.5, 0.6) is 0 Å². The summed E-state index contributed by atoms with van der Waals surface area (Å²) in [6.07, 6.45) is 1.81. The van der Waals surface area contributed by atoms with Gasteiger partial charge in [-0.2, -0.15) is 0 Å². The molecular formula is C22H24N4OS. The van der Waals surface area contributed by atoms with Gasteiger partial charge in [-0.15, -0.1) is 16.8 Å². The molecule has 0 radical (unpaired) electrons. The number of allylic oxidation sites excluding steroid dienone is 1. The number of nitrogens with one attached hydrogen (secondary N) is 1. The molecule has 1 N–H and O–H groups in total. The van der Waals surface area contributed by atoms with Crippen molar-refractivity contribution in [2.75, 3.05) is 0 Å². The minimum Gasteiger partial charge on any atom is -0.351 e. The van der Waals surface area contributed by atoms with Crippen molar-refractivity contribution in [1.29, 1.82) is 0 Å². The molecule has 5 nitrogen and oxygen atoms in total. The molecule has 1 heterocycles. The molecule has 0 aliphatic carbocycles. The zero-order chi connectivity index (χ0) is 19.9. The Morgan fingerprint density at radius 1 is 1.18 bits per heavy atom. The number of aromatic nitrogens is 3. The van der Waals surface area contributed by atoms with Crippen molar-refractivity contribution in [3.8, 4) is 11.4 Å². The van der Waals surface area contributed by atoms with Crippen LogP contribution in [-0.4, -0.2) is 25.9 Å². The van der Waals surface area contributed by atoms with Crippen molar-refractivity contribution in [3.63, 3.8) is 0 Å². The van der Waals surface area contributed by atoms with Crippen molar-refractivity contribution >= 4 is 17.7 Å². The van der Waals surface area contributed by atoms with Gasteiger partial charge in [0.15, 0.2) is 11.0 Å². The average Bonchev–Trinajstić information content (AvgIpc) is 3.10. The van der Waals surface area contributed by atoms with Gasteiger partial charge >= 0.3 is 0 Å². The Bertz CT molecular complexity index is 935. The molecule has 6 heteroatoms. The Labute approximate surface area is 169 Å². The molecule has 3 rings (SSSR count). The van der Waals surface area contributed by atoms with E-state index in [1.54, 1.807) is 0 Å². The van der Waals surface area contributed by atoms with Gasteiger partial charge in [0.25, 0.3) is 0 Å².